The third-order valence-corrected chi connectivity index (χ3v) is 6.41. The first-order chi connectivity index (χ1) is 12.3. The Morgan fingerprint density at radius 2 is 1.85 bits per heavy atom. The van der Waals surface area contributed by atoms with Gasteiger partial charge in [-0.3, -0.25) is 9.55 Å². The lowest BCUT2D eigenvalue weighted by atomic mass is 9.98. The molecule has 140 valence electrons. The maximum atomic E-state index is 13.5. The van der Waals surface area contributed by atoms with Crippen molar-refractivity contribution < 1.29 is 18.7 Å². The Bertz CT molecular complexity index is 837. The highest BCUT2D eigenvalue weighted by molar-refractivity contribution is 7.65. The Hall–Kier alpha value is -1.94. The lowest BCUT2D eigenvalue weighted by Crippen LogP contribution is -2.00. The van der Waals surface area contributed by atoms with E-state index in [1.165, 1.54) is 0 Å². The average molecular weight is 375 g/mol. The van der Waals surface area contributed by atoms with Crippen LogP contribution in [-0.2, 0) is 13.6 Å². The number of phenolic OH excluding ortho intramolecular Hbond substituents is 1. The molecule has 0 aliphatic rings. The predicted molar refractivity (Wildman–Crippen MR) is 105 cm³/mol. The monoisotopic (exact) mass is 375 g/mol. The SMILES string of the molecule is CCOP(=O)(OCC)C(=Cc1cc(C)c(O)c(C)c1C)c1cccnc1. The number of aromatic hydroxyl groups is 1. The van der Waals surface area contributed by atoms with Gasteiger partial charge >= 0.3 is 7.60 Å². The van der Waals surface area contributed by atoms with Crippen molar-refractivity contribution in [1.82, 2.24) is 4.98 Å². The van der Waals surface area contributed by atoms with Crippen molar-refractivity contribution in [1.29, 1.82) is 0 Å². The van der Waals surface area contributed by atoms with E-state index in [9.17, 15) is 9.67 Å². The van der Waals surface area contributed by atoms with Crippen LogP contribution in [0.5, 0.6) is 5.75 Å². The van der Waals surface area contributed by atoms with Crippen molar-refractivity contribution in [3.8, 4) is 5.75 Å². The van der Waals surface area contributed by atoms with Gasteiger partial charge in [-0.05, 0) is 75.1 Å². The zero-order chi connectivity index (χ0) is 19.3. The topological polar surface area (TPSA) is 68.7 Å². The summed E-state index contributed by atoms with van der Waals surface area (Å²) in [6.07, 6.45) is 5.12. The van der Waals surface area contributed by atoms with E-state index >= 15 is 0 Å². The number of phenols is 1. The van der Waals surface area contributed by atoms with Crippen LogP contribution in [0.15, 0.2) is 30.6 Å². The molecule has 0 fully saturated rings. The predicted octanol–water partition coefficient (Wildman–Crippen LogP) is 5.48. The summed E-state index contributed by atoms with van der Waals surface area (Å²) in [7, 11) is -3.52. The van der Waals surface area contributed by atoms with Crippen molar-refractivity contribution in [2.75, 3.05) is 13.2 Å². The van der Waals surface area contributed by atoms with Gasteiger partial charge in [0, 0.05) is 18.0 Å². The summed E-state index contributed by atoms with van der Waals surface area (Å²) < 4.78 is 24.6. The molecule has 26 heavy (non-hydrogen) atoms. The molecule has 0 spiro atoms. The second-order valence-corrected chi connectivity index (χ2v) is 7.98. The lowest BCUT2D eigenvalue weighted by Gasteiger charge is -2.21. The molecule has 1 aromatic carbocycles. The van der Waals surface area contributed by atoms with E-state index in [2.05, 4.69) is 4.98 Å². The van der Waals surface area contributed by atoms with Crippen LogP contribution < -0.4 is 0 Å². The number of rotatable bonds is 7. The van der Waals surface area contributed by atoms with Crippen LogP contribution >= 0.6 is 7.60 Å². The van der Waals surface area contributed by atoms with Crippen LogP contribution in [0, 0.1) is 20.8 Å². The van der Waals surface area contributed by atoms with Crippen molar-refractivity contribution in [2.24, 2.45) is 0 Å². The van der Waals surface area contributed by atoms with E-state index in [0.717, 1.165) is 22.3 Å². The van der Waals surface area contributed by atoms with Crippen LogP contribution in [-0.4, -0.2) is 23.3 Å². The molecule has 6 heteroatoms. The first kappa shape index (κ1) is 20.4. The molecular weight excluding hydrogens is 349 g/mol. The van der Waals surface area contributed by atoms with E-state index in [1.807, 2.05) is 39.0 Å². The molecule has 0 aliphatic carbocycles. The van der Waals surface area contributed by atoms with Gasteiger partial charge < -0.3 is 14.2 Å². The molecule has 0 bridgehead atoms. The Balaban J connectivity index is 2.73. The highest BCUT2D eigenvalue weighted by Crippen LogP contribution is 2.61. The van der Waals surface area contributed by atoms with Crippen molar-refractivity contribution in [3.63, 3.8) is 0 Å². The normalized spacial score (nSPS) is 12.4. The molecule has 0 atom stereocenters. The number of aromatic nitrogens is 1. The van der Waals surface area contributed by atoms with Crippen LogP contribution in [0.25, 0.3) is 11.4 Å². The Morgan fingerprint density at radius 3 is 2.38 bits per heavy atom. The van der Waals surface area contributed by atoms with Gasteiger partial charge in [-0.15, -0.1) is 0 Å². The van der Waals surface area contributed by atoms with Gasteiger partial charge in [-0.25, -0.2) is 0 Å². The van der Waals surface area contributed by atoms with E-state index < -0.39 is 7.60 Å². The molecule has 0 saturated heterocycles. The Morgan fingerprint density at radius 1 is 1.19 bits per heavy atom. The largest absolute Gasteiger partial charge is 0.507 e. The molecule has 0 unspecified atom stereocenters. The van der Waals surface area contributed by atoms with Gasteiger partial charge in [-0.2, -0.15) is 0 Å². The van der Waals surface area contributed by atoms with Gasteiger partial charge in [0.05, 0.1) is 18.5 Å². The number of nitrogens with zero attached hydrogens (tertiary/aromatic N) is 1. The zero-order valence-electron chi connectivity index (χ0n) is 15.9. The summed E-state index contributed by atoms with van der Waals surface area (Å²) in [6.45, 7) is 9.73. The molecule has 5 nitrogen and oxygen atoms in total. The molecule has 1 N–H and O–H groups in total. The number of hydrogen-bond acceptors (Lipinski definition) is 5. The first-order valence-corrected chi connectivity index (χ1v) is 10.2. The number of pyridine rings is 1. The minimum atomic E-state index is -3.52. The summed E-state index contributed by atoms with van der Waals surface area (Å²) in [5, 5.41) is 10.6. The standard InChI is InChI=1S/C20H26NO4P/c1-6-24-26(23,25-7-2)19(17-9-8-10-21-13-17)12-18-11-14(3)20(22)16(5)15(18)4/h8-13,22H,6-7H2,1-5H3. The summed E-state index contributed by atoms with van der Waals surface area (Å²) in [6, 6.07) is 5.49. The van der Waals surface area contributed by atoms with Gasteiger partial charge in [0.25, 0.3) is 0 Å². The minimum Gasteiger partial charge on any atom is -0.507 e. The van der Waals surface area contributed by atoms with Gasteiger partial charge in [0.2, 0.25) is 0 Å². The van der Waals surface area contributed by atoms with E-state index in [4.69, 9.17) is 9.05 Å². The fourth-order valence-electron chi connectivity index (χ4n) is 2.75. The third-order valence-electron chi connectivity index (χ3n) is 4.24. The van der Waals surface area contributed by atoms with Crippen LogP contribution in [0.1, 0.15) is 41.7 Å². The first-order valence-electron chi connectivity index (χ1n) is 8.65. The number of benzene rings is 1. The summed E-state index contributed by atoms with van der Waals surface area (Å²) in [5.74, 6) is 0.278. The van der Waals surface area contributed by atoms with E-state index in [1.54, 1.807) is 32.3 Å². The maximum Gasteiger partial charge on any atom is 0.361 e. The van der Waals surface area contributed by atoms with Crippen molar-refractivity contribution in [3.05, 3.63) is 58.4 Å². The fourth-order valence-corrected chi connectivity index (χ4v) is 4.53. The van der Waals surface area contributed by atoms with Crippen molar-refractivity contribution in [2.45, 2.75) is 34.6 Å². The van der Waals surface area contributed by atoms with Crippen LogP contribution in [0.3, 0.4) is 0 Å². The number of hydrogen-bond donors (Lipinski definition) is 1. The molecule has 0 saturated carbocycles. The minimum absolute atomic E-state index is 0.265. The molecule has 0 amide bonds. The van der Waals surface area contributed by atoms with Crippen LogP contribution in [0.4, 0.5) is 0 Å². The highest BCUT2D eigenvalue weighted by atomic mass is 31.2. The van der Waals surface area contributed by atoms with Crippen molar-refractivity contribution >= 4 is 19.0 Å². The highest BCUT2D eigenvalue weighted by Gasteiger charge is 2.31. The third kappa shape index (κ3) is 4.24. The second-order valence-electron chi connectivity index (χ2n) is 5.99. The van der Waals surface area contributed by atoms with Crippen LogP contribution in [0.2, 0.25) is 0 Å². The molecule has 0 radical (unpaired) electrons. The lowest BCUT2D eigenvalue weighted by molar-refractivity contribution is 0.231. The molecule has 0 aliphatic heterocycles. The fraction of sp³-hybridized carbons (Fsp3) is 0.350. The Labute approximate surface area is 155 Å². The molecule has 2 rings (SSSR count). The van der Waals surface area contributed by atoms with Gasteiger partial charge in [0.15, 0.2) is 0 Å². The quantitative estimate of drug-likeness (QED) is 0.649. The average Bonchev–Trinajstić information content (AvgIpc) is 2.63. The maximum absolute atomic E-state index is 13.5. The Kier molecular flexibility index (Phi) is 6.76. The summed E-state index contributed by atoms with van der Waals surface area (Å²) >= 11 is 0. The van der Waals surface area contributed by atoms with Gasteiger partial charge in [-0.1, -0.05) is 6.07 Å². The van der Waals surface area contributed by atoms with E-state index in [-0.39, 0.29) is 19.0 Å². The smallest absolute Gasteiger partial charge is 0.361 e. The second kappa shape index (κ2) is 8.63. The molecular formula is C20H26NO4P. The summed E-state index contributed by atoms with van der Waals surface area (Å²) in [4.78, 5) is 4.14. The van der Waals surface area contributed by atoms with E-state index in [0.29, 0.717) is 10.9 Å². The molecule has 1 heterocycles. The van der Waals surface area contributed by atoms with Gasteiger partial charge in [0.1, 0.15) is 5.75 Å². The molecule has 1 aromatic heterocycles. The number of aryl methyl sites for hydroxylation is 1. The molecule has 2 aromatic rings. The zero-order valence-corrected chi connectivity index (χ0v) is 16.8. The summed E-state index contributed by atoms with van der Waals surface area (Å²) in [5.41, 5.74) is 4.00.